The van der Waals surface area contributed by atoms with Crippen molar-refractivity contribution in [1.82, 2.24) is 20.2 Å². The number of nitrogens with one attached hydrogen (secondary N) is 1. The number of thiazole rings is 1. The van der Waals surface area contributed by atoms with Crippen molar-refractivity contribution in [3.8, 4) is 10.6 Å². The fourth-order valence-corrected chi connectivity index (χ4v) is 3.21. The highest BCUT2D eigenvalue weighted by Gasteiger charge is 2.25. The van der Waals surface area contributed by atoms with Crippen LogP contribution < -0.4 is 5.32 Å². The molecule has 1 aliphatic rings. The van der Waals surface area contributed by atoms with Gasteiger partial charge in [-0.3, -0.25) is 14.6 Å². The molecule has 0 unspecified atom stereocenters. The minimum absolute atomic E-state index is 0.112. The number of carbonyl (C=O) groups excluding carboxylic acids is 2. The quantitative estimate of drug-likeness (QED) is 0.901. The maximum Gasteiger partial charge on any atom is 0.266 e. The Kier molecular flexibility index (Phi) is 3.66. The van der Waals surface area contributed by atoms with Crippen molar-refractivity contribution in [3.63, 3.8) is 0 Å². The zero-order chi connectivity index (χ0) is 14.8. The Morgan fingerprint density at radius 2 is 2.14 bits per heavy atom. The van der Waals surface area contributed by atoms with E-state index >= 15 is 0 Å². The van der Waals surface area contributed by atoms with Crippen LogP contribution in [-0.2, 0) is 4.79 Å². The van der Waals surface area contributed by atoms with Gasteiger partial charge in [0.2, 0.25) is 5.91 Å². The van der Waals surface area contributed by atoms with Crippen molar-refractivity contribution < 1.29 is 9.59 Å². The Hall–Kier alpha value is -2.28. The summed E-state index contributed by atoms with van der Waals surface area (Å²) in [6.45, 7) is 2.96. The summed E-state index contributed by atoms with van der Waals surface area (Å²) in [5, 5.41) is 3.50. The number of piperazine rings is 1. The molecule has 2 aromatic rings. The van der Waals surface area contributed by atoms with Gasteiger partial charge < -0.3 is 10.2 Å². The minimum atomic E-state index is -0.125. The highest BCUT2D eigenvalue weighted by atomic mass is 32.1. The summed E-state index contributed by atoms with van der Waals surface area (Å²) < 4.78 is 0. The Morgan fingerprint density at radius 1 is 1.38 bits per heavy atom. The number of hydrogen-bond acceptors (Lipinski definition) is 5. The first-order valence-corrected chi connectivity index (χ1v) is 7.40. The van der Waals surface area contributed by atoms with Gasteiger partial charge in [0.25, 0.3) is 5.91 Å². The predicted molar refractivity (Wildman–Crippen MR) is 79.0 cm³/mol. The molecule has 0 atom stereocenters. The molecule has 0 aliphatic carbocycles. The molecule has 6 nitrogen and oxygen atoms in total. The summed E-state index contributed by atoms with van der Waals surface area (Å²) >= 11 is 1.35. The number of nitrogens with zero attached hydrogens (tertiary/aromatic N) is 3. The number of carbonyl (C=O) groups is 2. The lowest BCUT2D eigenvalue weighted by Gasteiger charge is -2.26. The lowest BCUT2D eigenvalue weighted by molar-refractivity contribution is -0.123. The zero-order valence-electron chi connectivity index (χ0n) is 11.5. The first kappa shape index (κ1) is 13.7. The molecule has 2 aromatic heterocycles. The first-order chi connectivity index (χ1) is 10.1. The molecule has 1 N–H and O–H groups in total. The second-order valence-electron chi connectivity index (χ2n) is 4.75. The van der Waals surface area contributed by atoms with Gasteiger partial charge in [-0.05, 0) is 19.1 Å². The predicted octanol–water partition coefficient (Wildman–Crippen LogP) is 1.09. The summed E-state index contributed by atoms with van der Waals surface area (Å²) in [6, 6.07) is 3.72. The van der Waals surface area contributed by atoms with E-state index in [0.717, 1.165) is 10.6 Å². The fraction of sp³-hybridized carbons (Fsp3) is 0.286. The van der Waals surface area contributed by atoms with Crippen molar-refractivity contribution in [1.29, 1.82) is 0 Å². The summed E-state index contributed by atoms with van der Waals surface area (Å²) in [5.41, 5.74) is 1.64. The third kappa shape index (κ3) is 2.78. The average Bonchev–Trinajstić information content (AvgIpc) is 2.89. The maximum absolute atomic E-state index is 12.5. The van der Waals surface area contributed by atoms with Gasteiger partial charge in [0, 0.05) is 31.0 Å². The van der Waals surface area contributed by atoms with Crippen LogP contribution in [0.5, 0.6) is 0 Å². The Balaban J connectivity index is 1.87. The highest BCUT2D eigenvalue weighted by molar-refractivity contribution is 7.17. The molecule has 3 rings (SSSR count). The SMILES string of the molecule is Cc1nc(-c2ccncc2)sc1C(=O)N1CCNC(=O)C1. The molecule has 1 fully saturated rings. The van der Waals surface area contributed by atoms with Gasteiger partial charge in [-0.1, -0.05) is 0 Å². The molecule has 2 amide bonds. The molecule has 7 heteroatoms. The largest absolute Gasteiger partial charge is 0.353 e. The Bertz CT molecular complexity index is 684. The number of aromatic nitrogens is 2. The van der Waals surface area contributed by atoms with E-state index < -0.39 is 0 Å². The lowest BCUT2D eigenvalue weighted by atomic mass is 10.3. The van der Waals surface area contributed by atoms with E-state index in [1.165, 1.54) is 11.3 Å². The lowest BCUT2D eigenvalue weighted by Crippen LogP contribution is -2.49. The molecule has 21 heavy (non-hydrogen) atoms. The molecule has 0 radical (unpaired) electrons. The second-order valence-corrected chi connectivity index (χ2v) is 5.75. The highest BCUT2D eigenvalue weighted by Crippen LogP contribution is 2.28. The molecule has 0 saturated carbocycles. The van der Waals surface area contributed by atoms with Gasteiger partial charge in [-0.15, -0.1) is 11.3 Å². The average molecular weight is 302 g/mol. The third-order valence-electron chi connectivity index (χ3n) is 3.24. The molecular weight excluding hydrogens is 288 g/mol. The van der Waals surface area contributed by atoms with Gasteiger partial charge in [0.05, 0.1) is 12.2 Å². The molecule has 0 spiro atoms. The second kappa shape index (κ2) is 5.61. The van der Waals surface area contributed by atoms with Crippen molar-refractivity contribution in [2.24, 2.45) is 0 Å². The van der Waals surface area contributed by atoms with E-state index in [0.29, 0.717) is 23.7 Å². The number of amides is 2. The van der Waals surface area contributed by atoms with Gasteiger partial charge in [-0.2, -0.15) is 0 Å². The van der Waals surface area contributed by atoms with E-state index in [1.54, 1.807) is 17.3 Å². The van der Waals surface area contributed by atoms with E-state index in [4.69, 9.17) is 0 Å². The molecule has 0 bridgehead atoms. The maximum atomic E-state index is 12.5. The van der Waals surface area contributed by atoms with Gasteiger partial charge in [0.1, 0.15) is 9.88 Å². The van der Waals surface area contributed by atoms with Crippen molar-refractivity contribution >= 4 is 23.2 Å². The zero-order valence-corrected chi connectivity index (χ0v) is 12.3. The van der Waals surface area contributed by atoms with Crippen LogP contribution >= 0.6 is 11.3 Å². The Morgan fingerprint density at radius 3 is 2.86 bits per heavy atom. The molecule has 3 heterocycles. The number of rotatable bonds is 2. The van der Waals surface area contributed by atoms with Crippen LogP contribution in [0.3, 0.4) is 0 Å². The number of aryl methyl sites for hydroxylation is 1. The van der Waals surface area contributed by atoms with E-state index in [1.807, 2.05) is 19.1 Å². The van der Waals surface area contributed by atoms with Crippen molar-refractivity contribution in [3.05, 3.63) is 35.1 Å². The molecule has 1 aliphatic heterocycles. The van der Waals surface area contributed by atoms with E-state index in [-0.39, 0.29) is 18.4 Å². The van der Waals surface area contributed by atoms with Crippen molar-refractivity contribution in [2.75, 3.05) is 19.6 Å². The summed E-state index contributed by atoms with van der Waals surface area (Å²) in [4.78, 5) is 34.5. The number of pyridine rings is 1. The summed E-state index contributed by atoms with van der Waals surface area (Å²) in [7, 11) is 0. The van der Waals surface area contributed by atoms with Crippen LogP contribution in [0.15, 0.2) is 24.5 Å². The monoisotopic (exact) mass is 302 g/mol. The third-order valence-corrected chi connectivity index (χ3v) is 4.44. The van der Waals surface area contributed by atoms with E-state index in [9.17, 15) is 9.59 Å². The van der Waals surface area contributed by atoms with Crippen LogP contribution in [0, 0.1) is 6.92 Å². The van der Waals surface area contributed by atoms with Crippen LogP contribution in [-0.4, -0.2) is 46.3 Å². The molecule has 1 saturated heterocycles. The normalized spacial score (nSPS) is 14.9. The standard InChI is InChI=1S/C14H14N4O2S/c1-9-12(14(20)18-7-6-16-11(19)8-18)21-13(17-9)10-2-4-15-5-3-10/h2-5H,6-8H2,1H3,(H,16,19). The smallest absolute Gasteiger partial charge is 0.266 e. The van der Waals surface area contributed by atoms with Crippen molar-refractivity contribution in [2.45, 2.75) is 6.92 Å². The Labute approximate surface area is 125 Å². The molecular formula is C14H14N4O2S. The summed E-state index contributed by atoms with van der Waals surface area (Å²) in [5.74, 6) is -0.244. The van der Waals surface area contributed by atoms with Crippen LogP contribution in [0.4, 0.5) is 0 Å². The van der Waals surface area contributed by atoms with Gasteiger partial charge in [0.15, 0.2) is 0 Å². The molecule has 108 valence electrons. The van der Waals surface area contributed by atoms with E-state index in [2.05, 4.69) is 15.3 Å². The van der Waals surface area contributed by atoms with Gasteiger partial charge in [-0.25, -0.2) is 4.98 Å². The first-order valence-electron chi connectivity index (χ1n) is 6.59. The molecule has 0 aromatic carbocycles. The summed E-state index contributed by atoms with van der Waals surface area (Å²) in [6.07, 6.45) is 3.39. The topological polar surface area (TPSA) is 75.2 Å². The fourth-order valence-electron chi connectivity index (χ4n) is 2.17. The van der Waals surface area contributed by atoms with Crippen LogP contribution in [0.1, 0.15) is 15.4 Å². The van der Waals surface area contributed by atoms with Gasteiger partial charge >= 0.3 is 0 Å². The van der Waals surface area contributed by atoms with Crippen LogP contribution in [0.25, 0.3) is 10.6 Å². The van der Waals surface area contributed by atoms with Crippen LogP contribution in [0.2, 0.25) is 0 Å². The minimum Gasteiger partial charge on any atom is -0.353 e. The number of hydrogen-bond donors (Lipinski definition) is 1.